The number of carbonyl (C=O) groups is 1. The Morgan fingerprint density at radius 2 is 2.23 bits per heavy atom. The summed E-state index contributed by atoms with van der Waals surface area (Å²) in [6.45, 7) is 5.15. The summed E-state index contributed by atoms with van der Waals surface area (Å²) in [6, 6.07) is 7.86. The zero-order valence-corrected chi connectivity index (χ0v) is 18.0. The topological polar surface area (TPSA) is 82.6 Å². The molecule has 4 rings (SSSR count). The lowest BCUT2D eigenvalue weighted by molar-refractivity contribution is -0.132. The van der Waals surface area contributed by atoms with Gasteiger partial charge in [0, 0.05) is 43.8 Å². The van der Waals surface area contributed by atoms with Crippen molar-refractivity contribution in [1.82, 2.24) is 19.7 Å². The first-order valence-electron chi connectivity index (χ1n) is 10.6. The van der Waals surface area contributed by atoms with Crippen LogP contribution >= 0.6 is 0 Å². The van der Waals surface area contributed by atoms with Crippen LogP contribution in [0.1, 0.15) is 30.2 Å². The predicted molar refractivity (Wildman–Crippen MR) is 115 cm³/mol. The number of carbonyl (C=O) groups excluding carboxylic acids is 1. The molecule has 0 spiro atoms. The second-order valence-electron chi connectivity index (χ2n) is 7.48. The molecule has 1 aromatic carbocycles. The van der Waals surface area contributed by atoms with Gasteiger partial charge in [-0.2, -0.15) is 5.10 Å². The van der Waals surface area contributed by atoms with Crippen molar-refractivity contribution in [2.45, 2.75) is 39.3 Å². The molecule has 8 nitrogen and oxygen atoms in total. The van der Waals surface area contributed by atoms with Crippen molar-refractivity contribution in [3.05, 3.63) is 53.7 Å². The summed E-state index contributed by atoms with van der Waals surface area (Å²) in [5.74, 6) is 0.950. The summed E-state index contributed by atoms with van der Waals surface area (Å²) in [6.07, 6.45) is 4.90. The van der Waals surface area contributed by atoms with Crippen molar-refractivity contribution >= 4 is 5.91 Å². The lowest BCUT2D eigenvalue weighted by Gasteiger charge is -2.28. The van der Waals surface area contributed by atoms with Crippen LogP contribution < -0.4 is 4.74 Å². The summed E-state index contributed by atoms with van der Waals surface area (Å²) in [4.78, 5) is 19.2. The van der Waals surface area contributed by atoms with Crippen molar-refractivity contribution in [2.24, 2.45) is 0 Å². The molecule has 0 radical (unpaired) electrons. The molecule has 8 heteroatoms. The molecular formula is C23H28N4O4. The van der Waals surface area contributed by atoms with E-state index in [1.54, 1.807) is 13.4 Å². The van der Waals surface area contributed by atoms with Crippen LogP contribution in [0.3, 0.4) is 0 Å². The Bertz CT molecular complexity index is 1010. The number of amides is 1. The molecule has 1 aliphatic rings. The molecule has 1 amide bonds. The molecule has 31 heavy (non-hydrogen) atoms. The van der Waals surface area contributed by atoms with E-state index in [-0.39, 0.29) is 5.91 Å². The number of methoxy groups -OCH3 is 1. The minimum absolute atomic E-state index is 0.140. The number of fused-ring (bicyclic) bond motifs is 1. The normalized spacial score (nSPS) is 13.3. The average Bonchev–Trinajstić information content (AvgIpc) is 3.45. The smallest absolute Gasteiger partial charge is 0.223 e. The number of oxazole rings is 1. The van der Waals surface area contributed by atoms with Gasteiger partial charge in [-0.25, -0.2) is 4.98 Å². The van der Waals surface area contributed by atoms with Crippen LogP contribution in [0.5, 0.6) is 5.75 Å². The number of hydrogen-bond acceptors (Lipinski definition) is 6. The highest BCUT2D eigenvalue weighted by atomic mass is 16.5. The van der Waals surface area contributed by atoms with Gasteiger partial charge >= 0.3 is 0 Å². The fourth-order valence-electron chi connectivity index (χ4n) is 3.96. The monoisotopic (exact) mass is 424 g/mol. The Kier molecular flexibility index (Phi) is 6.66. The van der Waals surface area contributed by atoms with Crippen LogP contribution in [0.4, 0.5) is 0 Å². The quantitative estimate of drug-likeness (QED) is 0.491. The molecule has 0 unspecified atom stereocenters. The highest BCUT2D eigenvalue weighted by Gasteiger charge is 2.28. The van der Waals surface area contributed by atoms with E-state index in [4.69, 9.17) is 19.0 Å². The Morgan fingerprint density at radius 1 is 1.32 bits per heavy atom. The number of nitrogens with zero attached hydrogens (tertiary/aromatic N) is 4. The number of ether oxygens (including phenoxy) is 2. The highest BCUT2D eigenvalue weighted by Crippen LogP contribution is 2.29. The summed E-state index contributed by atoms with van der Waals surface area (Å²) in [5, 5.41) is 4.77. The lowest BCUT2D eigenvalue weighted by atomic mass is 10.0. The average molecular weight is 425 g/mol. The van der Waals surface area contributed by atoms with Gasteiger partial charge in [0.2, 0.25) is 5.91 Å². The molecular weight excluding hydrogens is 396 g/mol. The van der Waals surface area contributed by atoms with Crippen molar-refractivity contribution < 1.29 is 18.7 Å². The van der Waals surface area contributed by atoms with E-state index in [1.165, 1.54) is 6.39 Å². The third-order valence-electron chi connectivity index (χ3n) is 5.57. The summed E-state index contributed by atoms with van der Waals surface area (Å²) in [5.41, 5.74) is 4.76. The van der Waals surface area contributed by atoms with Crippen LogP contribution in [-0.4, -0.2) is 52.4 Å². The standard InChI is InChI=1S/C23H28N4O4/c1-3-30-12-11-27-21-9-10-26(14-19(21)23(25-27)20-15-31-16-24-20)22(28)8-7-17-5-4-6-18(13-17)29-2/h4-6,13,15-16H,3,7-12,14H2,1-2H3. The van der Waals surface area contributed by atoms with Gasteiger partial charge in [-0.05, 0) is 31.0 Å². The van der Waals surface area contributed by atoms with Crippen LogP contribution in [0.2, 0.25) is 0 Å². The van der Waals surface area contributed by atoms with Crippen LogP contribution in [-0.2, 0) is 35.5 Å². The molecule has 0 atom stereocenters. The molecule has 164 valence electrons. The molecule has 3 aromatic rings. The van der Waals surface area contributed by atoms with E-state index in [9.17, 15) is 4.79 Å². The predicted octanol–water partition coefficient (Wildman–Crippen LogP) is 3.10. The maximum Gasteiger partial charge on any atom is 0.223 e. The molecule has 0 saturated heterocycles. The Morgan fingerprint density at radius 3 is 3.00 bits per heavy atom. The molecule has 0 aliphatic carbocycles. The highest BCUT2D eigenvalue weighted by molar-refractivity contribution is 5.77. The number of benzene rings is 1. The third-order valence-corrected chi connectivity index (χ3v) is 5.57. The van der Waals surface area contributed by atoms with E-state index in [0.717, 1.165) is 34.7 Å². The van der Waals surface area contributed by atoms with Gasteiger partial charge in [0.15, 0.2) is 6.39 Å². The van der Waals surface area contributed by atoms with Crippen LogP contribution in [0.15, 0.2) is 41.3 Å². The minimum Gasteiger partial charge on any atom is -0.497 e. The lowest BCUT2D eigenvalue weighted by Crippen LogP contribution is -2.36. The van der Waals surface area contributed by atoms with Crippen molar-refractivity contribution in [3.63, 3.8) is 0 Å². The van der Waals surface area contributed by atoms with Gasteiger partial charge in [0.25, 0.3) is 0 Å². The molecule has 0 bridgehead atoms. The second kappa shape index (κ2) is 9.78. The summed E-state index contributed by atoms with van der Waals surface area (Å²) >= 11 is 0. The van der Waals surface area contributed by atoms with Crippen LogP contribution in [0.25, 0.3) is 11.4 Å². The van der Waals surface area contributed by atoms with Gasteiger partial charge < -0.3 is 18.8 Å². The van der Waals surface area contributed by atoms with E-state index >= 15 is 0 Å². The van der Waals surface area contributed by atoms with E-state index < -0.39 is 0 Å². The third kappa shape index (κ3) is 4.80. The molecule has 0 saturated carbocycles. The zero-order valence-electron chi connectivity index (χ0n) is 18.0. The fraction of sp³-hybridized carbons (Fsp3) is 0.435. The Labute approximate surface area is 181 Å². The van der Waals surface area contributed by atoms with E-state index in [1.807, 2.05) is 40.8 Å². The van der Waals surface area contributed by atoms with Gasteiger partial charge in [0.05, 0.1) is 20.3 Å². The Hall–Kier alpha value is -3.13. The molecule has 2 aromatic heterocycles. The van der Waals surface area contributed by atoms with Gasteiger partial charge in [-0.3, -0.25) is 9.48 Å². The van der Waals surface area contributed by atoms with Crippen molar-refractivity contribution in [2.75, 3.05) is 26.9 Å². The second-order valence-corrected chi connectivity index (χ2v) is 7.48. The van der Waals surface area contributed by atoms with E-state index in [2.05, 4.69) is 4.98 Å². The summed E-state index contributed by atoms with van der Waals surface area (Å²) in [7, 11) is 1.65. The Balaban J connectivity index is 1.48. The number of rotatable bonds is 9. The van der Waals surface area contributed by atoms with Gasteiger partial charge in [0.1, 0.15) is 23.4 Å². The summed E-state index contributed by atoms with van der Waals surface area (Å²) < 4.78 is 18.0. The first-order valence-corrected chi connectivity index (χ1v) is 10.6. The molecule has 0 fully saturated rings. The van der Waals surface area contributed by atoms with Crippen molar-refractivity contribution in [3.8, 4) is 17.1 Å². The largest absolute Gasteiger partial charge is 0.497 e. The molecule has 0 N–H and O–H groups in total. The van der Waals surface area contributed by atoms with Gasteiger partial charge in [-0.1, -0.05) is 12.1 Å². The van der Waals surface area contributed by atoms with Crippen LogP contribution in [0, 0.1) is 0 Å². The molecule has 1 aliphatic heterocycles. The first-order chi connectivity index (χ1) is 15.2. The molecule has 3 heterocycles. The maximum absolute atomic E-state index is 13.0. The number of aromatic nitrogens is 3. The number of hydrogen-bond donors (Lipinski definition) is 0. The minimum atomic E-state index is 0.140. The van der Waals surface area contributed by atoms with E-state index in [0.29, 0.717) is 51.4 Å². The van der Waals surface area contributed by atoms with Crippen molar-refractivity contribution in [1.29, 1.82) is 0 Å². The number of aryl methyl sites for hydroxylation is 1. The SMILES string of the molecule is CCOCCn1nc(-c2cocn2)c2c1CCN(C(=O)CCc1cccc(OC)c1)C2. The van der Waals surface area contributed by atoms with Gasteiger partial charge in [-0.15, -0.1) is 0 Å². The first kappa shape index (κ1) is 21.1. The zero-order chi connectivity index (χ0) is 21.6. The maximum atomic E-state index is 13.0. The fourth-order valence-corrected chi connectivity index (χ4v) is 3.96.